The highest BCUT2D eigenvalue weighted by Gasteiger charge is 2.05. The lowest BCUT2D eigenvalue weighted by Crippen LogP contribution is -2.19. The number of aliphatic hydroxyl groups is 1. The molecule has 0 aliphatic carbocycles. The summed E-state index contributed by atoms with van der Waals surface area (Å²) in [7, 11) is 1.81. The molecule has 1 aromatic rings. The van der Waals surface area contributed by atoms with Gasteiger partial charge in [0.2, 0.25) is 0 Å². The first kappa shape index (κ1) is 11.4. The van der Waals surface area contributed by atoms with Gasteiger partial charge in [0.25, 0.3) is 0 Å². The normalized spacial score (nSPS) is 11.8. The van der Waals surface area contributed by atoms with Crippen LogP contribution in [0.25, 0.3) is 0 Å². The molecule has 1 heterocycles. The molecule has 1 unspecified atom stereocenters. The first-order valence-electron chi connectivity index (χ1n) is 3.56. The minimum absolute atomic E-state index is 0. The van der Waals surface area contributed by atoms with Gasteiger partial charge in [-0.1, -0.05) is 6.07 Å². The lowest BCUT2D eigenvalue weighted by Gasteiger charge is -2.11. The predicted octanol–water partition coefficient (Wildman–Crippen LogP) is 0.756. The number of aromatic nitrogens is 1. The fraction of sp³-hybridized carbons (Fsp3) is 0.375. The molecule has 0 aromatic carbocycles. The fourth-order valence-corrected chi connectivity index (χ4v) is 0.945. The van der Waals surface area contributed by atoms with E-state index in [2.05, 4.69) is 10.3 Å². The van der Waals surface area contributed by atoms with Crippen LogP contribution in [0.4, 0.5) is 0 Å². The Hall–Kier alpha value is -0.640. The van der Waals surface area contributed by atoms with E-state index in [0.717, 1.165) is 5.56 Å². The number of nitrogens with one attached hydrogen (secondary N) is 1. The second-order valence-electron chi connectivity index (χ2n) is 2.31. The third-order valence-corrected chi connectivity index (χ3v) is 1.62. The third-order valence-electron chi connectivity index (χ3n) is 1.62. The van der Waals surface area contributed by atoms with Crippen LogP contribution in [0, 0.1) is 0 Å². The van der Waals surface area contributed by atoms with Crippen molar-refractivity contribution in [3.63, 3.8) is 0 Å². The zero-order chi connectivity index (χ0) is 8.10. The van der Waals surface area contributed by atoms with Crippen molar-refractivity contribution >= 4 is 12.4 Å². The Bertz CT molecular complexity index is 201. The van der Waals surface area contributed by atoms with Gasteiger partial charge >= 0.3 is 0 Å². The Labute approximate surface area is 78.2 Å². The maximum atomic E-state index is 8.89. The van der Waals surface area contributed by atoms with Crippen LogP contribution >= 0.6 is 12.4 Å². The number of pyridine rings is 1. The van der Waals surface area contributed by atoms with E-state index in [4.69, 9.17) is 5.11 Å². The van der Waals surface area contributed by atoms with Gasteiger partial charge < -0.3 is 10.4 Å². The van der Waals surface area contributed by atoms with E-state index in [1.807, 2.05) is 19.2 Å². The molecule has 0 amide bonds. The Kier molecular flexibility index (Phi) is 5.62. The summed E-state index contributed by atoms with van der Waals surface area (Å²) < 4.78 is 0. The molecule has 0 bridgehead atoms. The number of nitrogens with zero attached hydrogens (tertiary/aromatic N) is 1. The molecule has 3 nitrogen and oxygen atoms in total. The molecule has 68 valence electrons. The van der Waals surface area contributed by atoms with E-state index in [9.17, 15) is 0 Å². The summed E-state index contributed by atoms with van der Waals surface area (Å²) in [5.41, 5.74) is 1.01. The smallest absolute Gasteiger partial charge is 0.0626 e. The molecule has 12 heavy (non-hydrogen) atoms. The van der Waals surface area contributed by atoms with Gasteiger partial charge in [0.05, 0.1) is 12.6 Å². The van der Waals surface area contributed by atoms with Gasteiger partial charge in [-0.15, -0.1) is 12.4 Å². The largest absolute Gasteiger partial charge is 0.394 e. The number of halogens is 1. The second kappa shape index (κ2) is 5.94. The molecule has 0 fully saturated rings. The first-order valence-corrected chi connectivity index (χ1v) is 3.56. The van der Waals surface area contributed by atoms with Crippen LogP contribution in [0.1, 0.15) is 11.6 Å². The van der Waals surface area contributed by atoms with Crippen LogP contribution in [0.2, 0.25) is 0 Å². The van der Waals surface area contributed by atoms with Gasteiger partial charge in [-0.05, 0) is 18.7 Å². The molecule has 1 atom stereocenters. The Morgan fingerprint density at radius 2 is 2.42 bits per heavy atom. The zero-order valence-corrected chi connectivity index (χ0v) is 7.71. The summed E-state index contributed by atoms with van der Waals surface area (Å²) in [6, 6.07) is 3.79. The van der Waals surface area contributed by atoms with Crippen LogP contribution in [0.15, 0.2) is 24.5 Å². The average molecular weight is 189 g/mol. The van der Waals surface area contributed by atoms with Crippen LogP contribution in [0.3, 0.4) is 0 Å². The average Bonchev–Trinajstić information content (AvgIpc) is 2.09. The van der Waals surface area contributed by atoms with Gasteiger partial charge in [0, 0.05) is 12.4 Å². The monoisotopic (exact) mass is 188 g/mol. The van der Waals surface area contributed by atoms with Crippen molar-refractivity contribution in [2.45, 2.75) is 6.04 Å². The topological polar surface area (TPSA) is 45.1 Å². The first-order chi connectivity index (χ1) is 5.38. The van der Waals surface area contributed by atoms with Gasteiger partial charge in [0.15, 0.2) is 0 Å². The highest BCUT2D eigenvalue weighted by molar-refractivity contribution is 5.85. The van der Waals surface area contributed by atoms with Crippen LogP contribution in [-0.2, 0) is 0 Å². The van der Waals surface area contributed by atoms with Crippen molar-refractivity contribution < 1.29 is 5.11 Å². The maximum absolute atomic E-state index is 8.89. The lowest BCUT2D eigenvalue weighted by molar-refractivity contribution is 0.251. The minimum Gasteiger partial charge on any atom is -0.394 e. The quantitative estimate of drug-likeness (QED) is 0.736. The molecule has 0 aliphatic rings. The maximum Gasteiger partial charge on any atom is 0.0626 e. The SMILES string of the molecule is CNC(CO)c1cccnc1.Cl. The highest BCUT2D eigenvalue weighted by Crippen LogP contribution is 2.08. The Morgan fingerprint density at radius 1 is 1.67 bits per heavy atom. The van der Waals surface area contributed by atoms with E-state index in [-0.39, 0.29) is 25.1 Å². The van der Waals surface area contributed by atoms with Crippen LogP contribution in [0.5, 0.6) is 0 Å². The van der Waals surface area contributed by atoms with E-state index in [1.54, 1.807) is 12.4 Å². The lowest BCUT2D eigenvalue weighted by atomic mass is 10.1. The minimum atomic E-state index is 0. The number of rotatable bonds is 3. The molecule has 1 aromatic heterocycles. The van der Waals surface area contributed by atoms with Gasteiger partial charge in [-0.25, -0.2) is 0 Å². The molecule has 0 spiro atoms. The van der Waals surface area contributed by atoms with Crippen LogP contribution < -0.4 is 5.32 Å². The summed E-state index contributed by atoms with van der Waals surface area (Å²) in [6.45, 7) is 0.0994. The summed E-state index contributed by atoms with van der Waals surface area (Å²) in [5.74, 6) is 0. The third kappa shape index (κ3) is 2.77. The van der Waals surface area contributed by atoms with Crippen molar-refractivity contribution in [2.24, 2.45) is 0 Å². The van der Waals surface area contributed by atoms with Crippen molar-refractivity contribution in [2.75, 3.05) is 13.7 Å². The second-order valence-corrected chi connectivity index (χ2v) is 2.31. The van der Waals surface area contributed by atoms with Crippen molar-refractivity contribution in [3.8, 4) is 0 Å². The fourth-order valence-electron chi connectivity index (χ4n) is 0.945. The summed E-state index contributed by atoms with van der Waals surface area (Å²) in [5, 5.41) is 11.9. The van der Waals surface area contributed by atoms with E-state index in [0.29, 0.717) is 0 Å². The van der Waals surface area contributed by atoms with E-state index in [1.165, 1.54) is 0 Å². The number of hydrogen-bond acceptors (Lipinski definition) is 3. The van der Waals surface area contributed by atoms with E-state index < -0.39 is 0 Å². The standard InChI is InChI=1S/C8H12N2O.ClH/c1-9-8(6-11)7-3-2-4-10-5-7;/h2-5,8-9,11H,6H2,1H3;1H. The number of aliphatic hydroxyl groups excluding tert-OH is 1. The Balaban J connectivity index is 0.00000121. The van der Waals surface area contributed by atoms with Gasteiger partial charge in [-0.2, -0.15) is 0 Å². The number of likely N-dealkylation sites (N-methyl/N-ethyl adjacent to an activating group) is 1. The molecule has 4 heteroatoms. The molecule has 2 N–H and O–H groups in total. The van der Waals surface area contributed by atoms with E-state index >= 15 is 0 Å². The van der Waals surface area contributed by atoms with Crippen molar-refractivity contribution in [1.29, 1.82) is 0 Å². The number of hydrogen-bond donors (Lipinski definition) is 2. The summed E-state index contributed by atoms with van der Waals surface area (Å²) >= 11 is 0. The Morgan fingerprint density at radius 3 is 2.83 bits per heavy atom. The zero-order valence-electron chi connectivity index (χ0n) is 6.90. The molecular formula is C8H13ClN2O. The molecule has 0 radical (unpaired) electrons. The van der Waals surface area contributed by atoms with Gasteiger partial charge in [0.1, 0.15) is 0 Å². The van der Waals surface area contributed by atoms with Crippen LogP contribution in [-0.4, -0.2) is 23.7 Å². The van der Waals surface area contributed by atoms with Crippen molar-refractivity contribution in [3.05, 3.63) is 30.1 Å². The molecular weight excluding hydrogens is 176 g/mol. The van der Waals surface area contributed by atoms with Crippen molar-refractivity contribution in [1.82, 2.24) is 10.3 Å². The van der Waals surface area contributed by atoms with Gasteiger partial charge in [-0.3, -0.25) is 4.98 Å². The molecule has 0 saturated carbocycles. The predicted molar refractivity (Wildman–Crippen MR) is 50.4 cm³/mol. The highest BCUT2D eigenvalue weighted by atomic mass is 35.5. The molecule has 0 saturated heterocycles. The summed E-state index contributed by atoms with van der Waals surface area (Å²) in [6.07, 6.45) is 3.46. The molecule has 1 rings (SSSR count). The summed E-state index contributed by atoms with van der Waals surface area (Å²) in [4.78, 5) is 3.95. The molecule has 0 aliphatic heterocycles.